The number of rotatable bonds is 1. The number of carbonyl (C=O) groups is 1. The quantitative estimate of drug-likeness (QED) is 0.812. The summed E-state index contributed by atoms with van der Waals surface area (Å²) in [7, 11) is -0.865. The molecule has 0 N–H and O–H groups in total. The Morgan fingerprint density at radius 1 is 1.14 bits per heavy atom. The Balaban J connectivity index is 1.96. The maximum atomic E-state index is 12.8. The van der Waals surface area contributed by atoms with E-state index >= 15 is 0 Å². The Morgan fingerprint density at radius 3 is 2.62 bits per heavy atom. The summed E-state index contributed by atoms with van der Waals surface area (Å²) in [5, 5.41) is 2.05. The highest BCUT2D eigenvalue weighted by atomic mass is 32.2. The van der Waals surface area contributed by atoms with Gasteiger partial charge in [-0.2, -0.15) is 0 Å². The molecule has 1 amide bonds. The minimum Gasteiger partial charge on any atom is -0.336 e. The third kappa shape index (κ3) is 2.60. The van der Waals surface area contributed by atoms with Gasteiger partial charge in [-0.3, -0.25) is 9.00 Å². The molecule has 1 aliphatic rings. The van der Waals surface area contributed by atoms with E-state index in [4.69, 9.17) is 0 Å². The Kier molecular flexibility index (Phi) is 3.57. The topological polar surface area (TPSA) is 37.4 Å². The standard InChI is InChI=1S/C17H19NO2S/c1-17(2)12-18(10-11-21(17)20)16(19)15-9-5-7-13-6-3-4-8-14(13)15/h3-9H,10-12H2,1-2H3/t21-/m1/s1. The smallest absolute Gasteiger partial charge is 0.254 e. The minimum atomic E-state index is -0.865. The first-order valence-corrected chi connectivity index (χ1v) is 8.46. The van der Waals surface area contributed by atoms with Crippen LogP contribution in [0.1, 0.15) is 24.2 Å². The fraction of sp³-hybridized carbons (Fsp3) is 0.353. The Bertz CT molecular complexity index is 718. The van der Waals surface area contributed by atoms with Gasteiger partial charge in [0.1, 0.15) is 0 Å². The van der Waals surface area contributed by atoms with E-state index in [1.807, 2.05) is 61.2 Å². The molecular weight excluding hydrogens is 282 g/mol. The number of benzene rings is 2. The molecule has 1 saturated heterocycles. The average molecular weight is 301 g/mol. The number of hydrogen-bond donors (Lipinski definition) is 0. The minimum absolute atomic E-state index is 0.0385. The van der Waals surface area contributed by atoms with Crippen LogP contribution in [0.15, 0.2) is 42.5 Å². The van der Waals surface area contributed by atoms with Gasteiger partial charge in [0, 0.05) is 35.2 Å². The van der Waals surface area contributed by atoms with Gasteiger partial charge in [0.2, 0.25) is 0 Å². The molecule has 0 spiro atoms. The molecule has 110 valence electrons. The van der Waals surface area contributed by atoms with E-state index in [0.29, 0.717) is 18.8 Å². The van der Waals surface area contributed by atoms with Crippen molar-refractivity contribution in [2.45, 2.75) is 18.6 Å². The van der Waals surface area contributed by atoms with Crippen LogP contribution >= 0.6 is 0 Å². The van der Waals surface area contributed by atoms with Gasteiger partial charge in [0.15, 0.2) is 0 Å². The van der Waals surface area contributed by atoms with Gasteiger partial charge in [-0.05, 0) is 30.7 Å². The first-order valence-electron chi connectivity index (χ1n) is 7.14. The molecule has 2 aromatic carbocycles. The predicted molar refractivity (Wildman–Crippen MR) is 86.9 cm³/mol. The van der Waals surface area contributed by atoms with Gasteiger partial charge in [-0.15, -0.1) is 0 Å². The highest BCUT2D eigenvalue weighted by Crippen LogP contribution is 2.24. The number of carbonyl (C=O) groups excluding carboxylic acids is 1. The molecule has 4 heteroatoms. The van der Waals surface area contributed by atoms with Crippen LogP contribution in [0.5, 0.6) is 0 Å². The van der Waals surface area contributed by atoms with Crippen LogP contribution in [0.3, 0.4) is 0 Å². The van der Waals surface area contributed by atoms with Gasteiger partial charge in [-0.25, -0.2) is 0 Å². The van der Waals surface area contributed by atoms with Crippen molar-refractivity contribution >= 4 is 27.5 Å². The van der Waals surface area contributed by atoms with E-state index in [2.05, 4.69) is 0 Å². The normalized spacial score (nSPS) is 21.4. The van der Waals surface area contributed by atoms with Crippen molar-refractivity contribution in [3.05, 3.63) is 48.0 Å². The van der Waals surface area contributed by atoms with Crippen LogP contribution in [0.2, 0.25) is 0 Å². The van der Waals surface area contributed by atoms with Gasteiger partial charge >= 0.3 is 0 Å². The van der Waals surface area contributed by atoms with Gasteiger partial charge < -0.3 is 4.90 Å². The summed E-state index contributed by atoms with van der Waals surface area (Å²) < 4.78 is 11.7. The molecule has 0 aromatic heterocycles. The number of fused-ring (bicyclic) bond motifs is 1. The molecule has 3 nitrogen and oxygen atoms in total. The first-order chi connectivity index (χ1) is 9.99. The second kappa shape index (κ2) is 5.26. The SMILES string of the molecule is CC1(C)CN(C(=O)c2cccc3ccccc23)CC[S@]1=O. The zero-order valence-electron chi connectivity index (χ0n) is 12.3. The lowest BCUT2D eigenvalue weighted by atomic mass is 10.0. The van der Waals surface area contributed by atoms with Gasteiger partial charge in [-0.1, -0.05) is 36.4 Å². The fourth-order valence-corrected chi connectivity index (χ4v) is 4.07. The molecule has 0 bridgehead atoms. The summed E-state index contributed by atoms with van der Waals surface area (Å²) in [6.45, 7) is 5.04. The highest BCUT2D eigenvalue weighted by molar-refractivity contribution is 7.86. The summed E-state index contributed by atoms with van der Waals surface area (Å²) in [5.41, 5.74) is 0.733. The molecule has 1 fully saturated rings. The third-order valence-corrected chi connectivity index (χ3v) is 5.96. The maximum Gasteiger partial charge on any atom is 0.254 e. The maximum absolute atomic E-state index is 12.8. The third-order valence-electron chi connectivity index (χ3n) is 4.04. The summed E-state index contributed by atoms with van der Waals surface area (Å²) in [5.74, 6) is 0.598. The second-order valence-corrected chi connectivity index (χ2v) is 8.27. The zero-order chi connectivity index (χ0) is 15.0. The Hall–Kier alpha value is -1.68. The highest BCUT2D eigenvalue weighted by Gasteiger charge is 2.35. The number of nitrogens with zero attached hydrogens (tertiary/aromatic N) is 1. The van der Waals surface area contributed by atoms with Crippen molar-refractivity contribution in [2.24, 2.45) is 0 Å². The predicted octanol–water partition coefficient (Wildman–Crippen LogP) is 2.82. The molecule has 0 radical (unpaired) electrons. The van der Waals surface area contributed by atoms with Crippen LogP contribution in [-0.4, -0.2) is 38.6 Å². The Morgan fingerprint density at radius 2 is 1.86 bits per heavy atom. The zero-order valence-corrected chi connectivity index (χ0v) is 13.2. The first kappa shape index (κ1) is 14.3. The second-order valence-electron chi connectivity index (χ2n) is 6.06. The fourth-order valence-electron chi connectivity index (χ4n) is 2.84. The summed E-state index contributed by atoms with van der Waals surface area (Å²) >= 11 is 0. The van der Waals surface area contributed by atoms with E-state index in [1.54, 1.807) is 0 Å². The lowest BCUT2D eigenvalue weighted by Gasteiger charge is -2.37. The van der Waals surface area contributed by atoms with E-state index in [0.717, 1.165) is 16.3 Å². The van der Waals surface area contributed by atoms with Gasteiger partial charge in [0.25, 0.3) is 5.91 Å². The molecular formula is C17H19NO2S. The van der Waals surface area contributed by atoms with Crippen LogP contribution in [0.4, 0.5) is 0 Å². The van der Waals surface area contributed by atoms with Crippen LogP contribution in [-0.2, 0) is 10.8 Å². The molecule has 0 unspecified atom stereocenters. The lowest BCUT2D eigenvalue weighted by Crippen LogP contribution is -2.52. The van der Waals surface area contributed by atoms with E-state index < -0.39 is 10.8 Å². The summed E-state index contributed by atoms with van der Waals surface area (Å²) in [6, 6.07) is 13.7. The lowest BCUT2D eigenvalue weighted by molar-refractivity contribution is 0.0748. The number of hydrogen-bond acceptors (Lipinski definition) is 2. The van der Waals surface area contributed by atoms with Crippen molar-refractivity contribution in [1.82, 2.24) is 4.90 Å². The van der Waals surface area contributed by atoms with Crippen LogP contribution in [0.25, 0.3) is 10.8 Å². The Labute approximate surface area is 127 Å². The van der Waals surface area contributed by atoms with E-state index in [9.17, 15) is 9.00 Å². The van der Waals surface area contributed by atoms with Crippen molar-refractivity contribution in [2.75, 3.05) is 18.8 Å². The average Bonchev–Trinajstić information content (AvgIpc) is 2.48. The van der Waals surface area contributed by atoms with E-state index in [-0.39, 0.29) is 10.7 Å². The van der Waals surface area contributed by atoms with Crippen LogP contribution in [0, 0.1) is 0 Å². The van der Waals surface area contributed by atoms with Crippen molar-refractivity contribution in [3.63, 3.8) is 0 Å². The molecule has 21 heavy (non-hydrogen) atoms. The monoisotopic (exact) mass is 301 g/mol. The molecule has 0 aliphatic carbocycles. The summed E-state index contributed by atoms with van der Waals surface area (Å²) in [6.07, 6.45) is 0. The van der Waals surface area contributed by atoms with Crippen LogP contribution < -0.4 is 0 Å². The van der Waals surface area contributed by atoms with E-state index in [1.165, 1.54) is 0 Å². The molecule has 1 heterocycles. The molecule has 0 saturated carbocycles. The van der Waals surface area contributed by atoms with Crippen molar-refractivity contribution in [3.8, 4) is 0 Å². The van der Waals surface area contributed by atoms with Crippen molar-refractivity contribution < 1.29 is 9.00 Å². The van der Waals surface area contributed by atoms with Crippen molar-refractivity contribution in [1.29, 1.82) is 0 Å². The number of amides is 1. The molecule has 2 aromatic rings. The summed E-state index contributed by atoms with van der Waals surface area (Å²) in [4.78, 5) is 14.7. The molecule has 3 rings (SSSR count). The molecule has 1 atom stereocenters. The molecule has 1 aliphatic heterocycles. The van der Waals surface area contributed by atoms with Gasteiger partial charge in [0.05, 0.1) is 4.75 Å². The largest absolute Gasteiger partial charge is 0.336 e.